The Morgan fingerprint density at radius 3 is 0.875 bits per heavy atom. The molecule has 4 amide bonds. The summed E-state index contributed by atoms with van der Waals surface area (Å²) in [6, 6.07) is 0. The van der Waals surface area contributed by atoms with Gasteiger partial charge in [-0.2, -0.15) is 0 Å². The zero-order chi connectivity index (χ0) is 17.5. The van der Waals surface area contributed by atoms with Gasteiger partial charge < -0.3 is 0 Å². The summed E-state index contributed by atoms with van der Waals surface area (Å²) in [5.74, 6) is -3.25. The second-order valence-electron chi connectivity index (χ2n) is 5.07. The predicted molar refractivity (Wildman–Crippen MR) is 87.6 cm³/mol. The van der Waals surface area contributed by atoms with Gasteiger partial charge in [-0.05, 0) is 0 Å². The van der Waals surface area contributed by atoms with Gasteiger partial charge in [0.2, 0.25) is 0 Å². The molecule has 0 fully saturated rings. The molecule has 24 heavy (non-hydrogen) atoms. The summed E-state index contributed by atoms with van der Waals surface area (Å²) in [6.07, 6.45) is 0. The number of benzene rings is 2. The SMILES string of the molecule is O=C1NC(=O)c2c(Cl)c(Cl)c3c4c(c(Cl)c(Cl)c1c24)C(=O)NC3=O. The number of nitrogens with one attached hydrogen (secondary N) is 2. The Labute approximate surface area is 153 Å². The van der Waals surface area contributed by atoms with Crippen molar-refractivity contribution in [2.45, 2.75) is 0 Å². The quantitative estimate of drug-likeness (QED) is 0.660. The van der Waals surface area contributed by atoms with Crippen LogP contribution in [-0.2, 0) is 0 Å². The summed E-state index contributed by atoms with van der Waals surface area (Å²) in [6.45, 7) is 0. The lowest BCUT2D eigenvalue weighted by molar-refractivity contribution is 0.0823. The lowest BCUT2D eigenvalue weighted by atomic mass is 9.86. The maximum Gasteiger partial charge on any atom is 0.260 e. The van der Waals surface area contributed by atoms with Gasteiger partial charge in [-0.3, -0.25) is 29.8 Å². The molecule has 2 N–H and O–H groups in total. The molecule has 0 atom stereocenters. The first-order valence-corrected chi connectivity index (χ1v) is 7.83. The topological polar surface area (TPSA) is 92.3 Å². The van der Waals surface area contributed by atoms with E-state index in [2.05, 4.69) is 10.6 Å². The van der Waals surface area contributed by atoms with Crippen molar-refractivity contribution in [1.82, 2.24) is 10.6 Å². The molecule has 120 valence electrons. The molecule has 0 aromatic heterocycles. The molecule has 0 spiro atoms. The third-order valence-corrected chi connectivity index (χ3v) is 5.58. The van der Waals surface area contributed by atoms with Crippen LogP contribution in [0.25, 0.3) is 10.8 Å². The van der Waals surface area contributed by atoms with E-state index in [4.69, 9.17) is 46.4 Å². The molecule has 2 heterocycles. The molecular weight excluding hydrogens is 402 g/mol. The molecule has 0 unspecified atom stereocenters. The third-order valence-electron chi connectivity index (χ3n) is 3.88. The minimum Gasteiger partial charge on any atom is -0.288 e. The number of imide groups is 2. The Hall–Kier alpha value is -1.86. The van der Waals surface area contributed by atoms with Crippen molar-refractivity contribution in [2.24, 2.45) is 0 Å². The van der Waals surface area contributed by atoms with Crippen LogP contribution in [0.4, 0.5) is 0 Å². The van der Waals surface area contributed by atoms with E-state index in [0.717, 1.165) is 0 Å². The summed E-state index contributed by atoms with van der Waals surface area (Å²) >= 11 is 24.5. The van der Waals surface area contributed by atoms with Gasteiger partial charge in [0, 0.05) is 10.8 Å². The van der Waals surface area contributed by atoms with E-state index in [1.165, 1.54) is 0 Å². The Morgan fingerprint density at radius 2 is 0.667 bits per heavy atom. The van der Waals surface area contributed by atoms with Gasteiger partial charge in [-0.25, -0.2) is 0 Å². The van der Waals surface area contributed by atoms with Crippen molar-refractivity contribution in [2.75, 3.05) is 0 Å². The monoisotopic (exact) mass is 402 g/mol. The molecule has 0 bridgehead atoms. The summed E-state index contributed by atoms with van der Waals surface area (Å²) in [4.78, 5) is 48.8. The first kappa shape index (κ1) is 15.7. The predicted octanol–water partition coefficient (Wildman–Crippen LogP) is 3.22. The molecule has 0 radical (unpaired) electrons. The van der Waals surface area contributed by atoms with E-state index in [1.54, 1.807) is 0 Å². The van der Waals surface area contributed by atoms with Gasteiger partial charge in [-0.1, -0.05) is 46.4 Å². The van der Waals surface area contributed by atoms with Gasteiger partial charge in [0.1, 0.15) is 0 Å². The van der Waals surface area contributed by atoms with Gasteiger partial charge in [0.05, 0.1) is 42.3 Å². The fourth-order valence-electron chi connectivity index (χ4n) is 2.94. The zero-order valence-corrected chi connectivity index (χ0v) is 14.2. The van der Waals surface area contributed by atoms with E-state index in [-0.39, 0.29) is 53.1 Å². The smallest absolute Gasteiger partial charge is 0.260 e. The van der Waals surface area contributed by atoms with E-state index >= 15 is 0 Å². The first-order valence-electron chi connectivity index (χ1n) is 6.32. The van der Waals surface area contributed by atoms with Crippen LogP contribution in [0.2, 0.25) is 20.1 Å². The number of carbonyl (C=O) groups is 4. The number of amides is 4. The largest absolute Gasteiger partial charge is 0.288 e. The number of halogens is 4. The van der Waals surface area contributed by atoms with Crippen molar-refractivity contribution >= 4 is 80.8 Å². The Balaban J connectivity index is 2.45. The van der Waals surface area contributed by atoms with E-state index in [0.29, 0.717) is 0 Å². The molecule has 10 heteroatoms. The molecule has 2 aliphatic heterocycles. The Kier molecular flexibility index (Phi) is 3.15. The van der Waals surface area contributed by atoms with Gasteiger partial charge in [0.15, 0.2) is 0 Å². The third kappa shape index (κ3) is 1.69. The highest BCUT2D eigenvalue weighted by molar-refractivity contribution is 6.54. The van der Waals surface area contributed by atoms with Gasteiger partial charge >= 0.3 is 0 Å². The summed E-state index contributed by atoms with van der Waals surface area (Å²) in [7, 11) is 0. The minimum absolute atomic E-state index is 0.0132. The van der Waals surface area contributed by atoms with Crippen LogP contribution in [0.5, 0.6) is 0 Å². The molecular formula is C14H2Cl4N2O4. The average molecular weight is 404 g/mol. The molecule has 6 nitrogen and oxygen atoms in total. The second kappa shape index (κ2) is 4.83. The Morgan fingerprint density at radius 1 is 0.458 bits per heavy atom. The van der Waals surface area contributed by atoms with Crippen LogP contribution in [0.15, 0.2) is 0 Å². The Bertz CT molecular complexity index is 914. The maximum atomic E-state index is 12.2. The van der Waals surface area contributed by atoms with E-state index in [1.807, 2.05) is 0 Å². The molecule has 2 aromatic carbocycles. The van der Waals surface area contributed by atoms with Crippen LogP contribution in [-0.4, -0.2) is 23.6 Å². The van der Waals surface area contributed by atoms with Crippen LogP contribution in [0.3, 0.4) is 0 Å². The average Bonchev–Trinajstić information content (AvgIpc) is 2.49. The number of hydrogen-bond acceptors (Lipinski definition) is 4. The first-order chi connectivity index (χ1) is 11.3. The van der Waals surface area contributed by atoms with Crippen LogP contribution in [0.1, 0.15) is 41.4 Å². The van der Waals surface area contributed by atoms with Crippen LogP contribution in [0, 0.1) is 0 Å². The molecule has 2 aromatic rings. The van der Waals surface area contributed by atoms with Crippen molar-refractivity contribution in [1.29, 1.82) is 0 Å². The fraction of sp³-hybridized carbons (Fsp3) is 0. The maximum absolute atomic E-state index is 12.2. The summed E-state index contributed by atoms with van der Waals surface area (Å²) < 4.78 is 0. The fourth-order valence-corrected chi connectivity index (χ4v) is 4.04. The summed E-state index contributed by atoms with van der Waals surface area (Å²) in [5, 5.41) is 3.24. The molecule has 0 saturated carbocycles. The van der Waals surface area contributed by atoms with Crippen molar-refractivity contribution < 1.29 is 19.2 Å². The van der Waals surface area contributed by atoms with Crippen LogP contribution >= 0.6 is 46.4 Å². The number of hydrogen-bond donors (Lipinski definition) is 2. The highest BCUT2D eigenvalue weighted by Gasteiger charge is 2.40. The molecule has 4 rings (SSSR count). The van der Waals surface area contributed by atoms with Crippen molar-refractivity contribution in [3.63, 3.8) is 0 Å². The highest BCUT2D eigenvalue weighted by Crippen LogP contribution is 2.47. The lowest BCUT2D eigenvalue weighted by Gasteiger charge is -2.26. The lowest BCUT2D eigenvalue weighted by Crippen LogP contribution is -2.39. The molecule has 2 aliphatic rings. The normalized spacial score (nSPS) is 15.7. The number of rotatable bonds is 0. The zero-order valence-electron chi connectivity index (χ0n) is 11.1. The minimum atomic E-state index is -0.811. The summed E-state index contributed by atoms with van der Waals surface area (Å²) in [5.41, 5.74) is -0.565. The second-order valence-corrected chi connectivity index (χ2v) is 6.58. The van der Waals surface area contributed by atoms with Crippen molar-refractivity contribution in [3.05, 3.63) is 42.3 Å². The molecule has 0 aliphatic carbocycles. The van der Waals surface area contributed by atoms with E-state index in [9.17, 15) is 19.2 Å². The van der Waals surface area contributed by atoms with Crippen LogP contribution < -0.4 is 10.6 Å². The number of carbonyl (C=O) groups excluding carboxylic acids is 4. The van der Waals surface area contributed by atoms with Gasteiger partial charge in [-0.15, -0.1) is 0 Å². The van der Waals surface area contributed by atoms with Gasteiger partial charge in [0.25, 0.3) is 23.6 Å². The van der Waals surface area contributed by atoms with E-state index < -0.39 is 23.6 Å². The standard InChI is InChI=1S/C14H2Cl4N2O4/c15-7-3-1-2-5(9(7)17)13(23)20-14(24)6(2)10(18)8(16)4(1)12(22)19-11(3)21/h(H,19,21,22)(H,20,23,24). The molecule has 0 saturated heterocycles. The van der Waals surface area contributed by atoms with Crippen molar-refractivity contribution in [3.8, 4) is 0 Å². The highest BCUT2D eigenvalue weighted by atomic mass is 35.5.